The van der Waals surface area contributed by atoms with Gasteiger partial charge in [-0.2, -0.15) is 0 Å². The monoisotopic (exact) mass is 281 g/mol. The van der Waals surface area contributed by atoms with Crippen LogP contribution in [0.5, 0.6) is 0 Å². The number of nitrogens with one attached hydrogen (secondary N) is 1. The number of fused-ring (bicyclic) bond motifs is 1. The van der Waals surface area contributed by atoms with Gasteiger partial charge in [0.2, 0.25) is 0 Å². The zero-order chi connectivity index (χ0) is 13.4. The zero-order valence-corrected chi connectivity index (χ0v) is 12.1. The van der Waals surface area contributed by atoms with Crippen LogP contribution in [0, 0.1) is 23.6 Å². The highest BCUT2D eigenvalue weighted by molar-refractivity contribution is 6.31. The molecular formula is C16H21ClFN. The summed E-state index contributed by atoms with van der Waals surface area (Å²) < 4.78 is 13.1. The van der Waals surface area contributed by atoms with Gasteiger partial charge < -0.3 is 5.32 Å². The average molecular weight is 282 g/mol. The van der Waals surface area contributed by atoms with Gasteiger partial charge in [0.15, 0.2) is 0 Å². The Bertz CT molecular complexity index is 450. The smallest absolute Gasteiger partial charge is 0.124 e. The summed E-state index contributed by atoms with van der Waals surface area (Å²) in [4.78, 5) is 0. The molecule has 19 heavy (non-hydrogen) atoms. The van der Waals surface area contributed by atoms with Gasteiger partial charge in [0.25, 0.3) is 0 Å². The standard InChI is InChI=1S/C16H21ClFN/c1-19-15(16-12-4-2-3-5-13(12)16)8-10-6-7-11(18)9-14(10)17/h6-7,9,12-13,15-16,19H,2-5,8H2,1H3. The van der Waals surface area contributed by atoms with Crippen LogP contribution in [0.15, 0.2) is 18.2 Å². The third kappa shape index (κ3) is 2.66. The molecule has 0 aromatic heterocycles. The van der Waals surface area contributed by atoms with E-state index in [0.29, 0.717) is 11.1 Å². The van der Waals surface area contributed by atoms with Crippen molar-refractivity contribution in [3.63, 3.8) is 0 Å². The lowest BCUT2D eigenvalue weighted by Crippen LogP contribution is -2.31. The molecule has 1 aromatic carbocycles. The van der Waals surface area contributed by atoms with Crippen LogP contribution < -0.4 is 5.32 Å². The highest BCUT2D eigenvalue weighted by Gasteiger charge is 2.53. The van der Waals surface area contributed by atoms with Crippen LogP contribution in [0.2, 0.25) is 5.02 Å². The first-order valence-electron chi connectivity index (χ1n) is 7.32. The number of hydrogen-bond donors (Lipinski definition) is 1. The van der Waals surface area contributed by atoms with Crippen LogP contribution in [-0.2, 0) is 6.42 Å². The van der Waals surface area contributed by atoms with E-state index in [1.54, 1.807) is 0 Å². The van der Waals surface area contributed by atoms with Crippen molar-refractivity contribution in [1.29, 1.82) is 0 Å². The average Bonchev–Trinajstić information content (AvgIpc) is 3.12. The van der Waals surface area contributed by atoms with Crippen molar-refractivity contribution in [2.24, 2.45) is 17.8 Å². The Balaban J connectivity index is 1.70. The second-order valence-corrected chi connectivity index (χ2v) is 6.43. The third-order valence-electron chi connectivity index (χ3n) is 5.01. The minimum absolute atomic E-state index is 0.255. The molecule has 2 saturated carbocycles. The van der Waals surface area contributed by atoms with E-state index in [9.17, 15) is 4.39 Å². The van der Waals surface area contributed by atoms with E-state index < -0.39 is 0 Å². The molecular weight excluding hydrogens is 261 g/mol. The molecule has 0 heterocycles. The highest BCUT2D eigenvalue weighted by atomic mass is 35.5. The van der Waals surface area contributed by atoms with Gasteiger partial charge in [0.05, 0.1) is 0 Å². The van der Waals surface area contributed by atoms with Crippen molar-refractivity contribution in [3.05, 3.63) is 34.6 Å². The summed E-state index contributed by atoms with van der Waals surface area (Å²) in [6, 6.07) is 5.24. The van der Waals surface area contributed by atoms with Crippen LogP contribution in [0.25, 0.3) is 0 Å². The predicted molar refractivity (Wildman–Crippen MR) is 76.9 cm³/mol. The number of halogens is 2. The fourth-order valence-corrected chi connectivity index (χ4v) is 4.24. The molecule has 0 spiro atoms. The number of rotatable bonds is 4. The molecule has 0 amide bonds. The Kier molecular flexibility index (Phi) is 3.81. The van der Waals surface area contributed by atoms with Crippen LogP contribution in [0.4, 0.5) is 4.39 Å². The fourth-order valence-electron chi connectivity index (χ4n) is 4.00. The minimum atomic E-state index is -0.255. The molecule has 0 bridgehead atoms. The normalized spacial score (nSPS) is 30.8. The Hall–Kier alpha value is -0.600. The Morgan fingerprint density at radius 3 is 2.58 bits per heavy atom. The highest BCUT2D eigenvalue weighted by Crippen LogP contribution is 2.57. The maximum Gasteiger partial charge on any atom is 0.124 e. The van der Waals surface area contributed by atoms with Gasteiger partial charge in [-0.25, -0.2) is 4.39 Å². The molecule has 0 aliphatic heterocycles. The number of hydrogen-bond acceptors (Lipinski definition) is 1. The molecule has 1 aromatic rings. The quantitative estimate of drug-likeness (QED) is 0.878. The first-order chi connectivity index (χ1) is 9.20. The summed E-state index contributed by atoms with van der Waals surface area (Å²) >= 11 is 6.14. The molecule has 2 aliphatic rings. The minimum Gasteiger partial charge on any atom is -0.316 e. The van der Waals surface area contributed by atoms with Crippen LogP contribution in [0.3, 0.4) is 0 Å². The Morgan fingerprint density at radius 2 is 2.00 bits per heavy atom. The topological polar surface area (TPSA) is 12.0 Å². The molecule has 0 radical (unpaired) electrons. The Labute approximate surface area is 119 Å². The summed E-state index contributed by atoms with van der Waals surface area (Å²) in [5.41, 5.74) is 1.06. The van der Waals surface area contributed by atoms with E-state index in [-0.39, 0.29) is 5.82 Å². The van der Waals surface area contributed by atoms with E-state index in [2.05, 4.69) is 5.32 Å². The lowest BCUT2D eigenvalue weighted by molar-refractivity contribution is 0.460. The van der Waals surface area contributed by atoms with E-state index in [0.717, 1.165) is 29.7 Å². The molecule has 2 fully saturated rings. The van der Waals surface area contributed by atoms with Gasteiger partial charge in [-0.1, -0.05) is 30.5 Å². The van der Waals surface area contributed by atoms with Crippen molar-refractivity contribution in [2.75, 3.05) is 7.05 Å². The van der Waals surface area contributed by atoms with Crippen molar-refractivity contribution < 1.29 is 4.39 Å². The Morgan fingerprint density at radius 1 is 1.32 bits per heavy atom. The van der Waals surface area contributed by atoms with Crippen LogP contribution >= 0.6 is 11.6 Å². The first kappa shape index (κ1) is 13.4. The first-order valence-corrected chi connectivity index (χ1v) is 7.69. The zero-order valence-electron chi connectivity index (χ0n) is 11.3. The van der Waals surface area contributed by atoms with Crippen LogP contribution in [0.1, 0.15) is 31.2 Å². The SMILES string of the molecule is CNC(Cc1ccc(F)cc1Cl)C1C2CCCCC21. The van der Waals surface area contributed by atoms with E-state index in [4.69, 9.17) is 11.6 Å². The van der Waals surface area contributed by atoms with E-state index >= 15 is 0 Å². The second-order valence-electron chi connectivity index (χ2n) is 6.02. The van der Waals surface area contributed by atoms with E-state index in [1.807, 2.05) is 13.1 Å². The molecule has 104 valence electrons. The van der Waals surface area contributed by atoms with Gasteiger partial charge in [0.1, 0.15) is 5.82 Å². The number of benzene rings is 1. The lowest BCUT2D eigenvalue weighted by atomic mass is 10.00. The molecule has 3 unspecified atom stereocenters. The van der Waals surface area contributed by atoms with Gasteiger partial charge in [0, 0.05) is 11.1 Å². The van der Waals surface area contributed by atoms with Crippen molar-refractivity contribution in [3.8, 4) is 0 Å². The molecule has 3 atom stereocenters. The van der Waals surface area contributed by atoms with E-state index in [1.165, 1.54) is 37.8 Å². The molecule has 0 saturated heterocycles. The van der Waals surface area contributed by atoms with Gasteiger partial charge in [-0.05, 0) is 61.8 Å². The summed E-state index contributed by atoms with van der Waals surface area (Å²) in [5, 5.41) is 4.02. The van der Waals surface area contributed by atoms with Crippen molar-refractivity contribution in [1.82, 2.24) is 5.32 Å². The third-order valence-corrected chi connectivity index (χ3v) is 5.36. The summed E-state index contributed by atoms with van der Waals surface area (Å²) in [6.45, 7) is 0. The fraction of sp³-hybridized carbons (Fsp3) is 0.625. The molecule has 1 N–H and O–H groups in total. The van der Waals surface area contributed by atoms with Gasteiger partial charge in [-0.15, -0.1) is 0 Å². The largest absolute Gasteiger partial charge is 0.316 e. The molecule has 2 aliphatic carbocycles. The maximum absolute atomic E-state index is 13.1. The molecule has 3 heteroatoms. The number of likely N-dealkylation sites (N-methyl/N-ethyl adjacent to an activating group) is 1. The lowest BCUT2D eigenvalue weighted by Gasteiger charge is -2.17. The maximum atomic E-state index is 13.1. The molecule has 3 rings (SSSR count). The van der Waals surface area contributed by atoms with Crippen LogP contribution in [-0.4, -0.2) is 13.1 Å². The molecule has 1 nitrogen and oxygen atoms in total. The summed E-state index contributed by atoms with van der Waals surface area (Å²) in [5.74, 6) is 2.39. The van der Waals surface area contributed by atoms with Gasteiger partial charge >= 0.3 is 0 Å². The predicted octanol–water partition coefficient (Wildman–Crippen LogP) is 4.05. The summed E-state index contributed by atoms with van der Waals surface area (Å²) in [6.07, 6.45) is 6.49. The van der Waals surface area contributed by atoms with Gasteiger partial charge in [-0.3, -0.25) is 0 Å². The van der Waals surface area contributed by atoms with Crippen molar-refractivity contribution in [2.45, 2.75) is 38.1 Å². The second kappa shape index (κ2) is 5.41. The van der Waals surface area contributed by atoms with Crippen molar-refractivity contribution >= 4 is 11.6 Å². The summed E-state index contributed by atoms with van der Waals surface area (Å²) in [7, 11) is 2.03.